The number of nitrogens with zero attached hydrogens (tertiary/aromatic N) is 1. The van der Waals surface area contributed by atoms with Gasteiger partial charge in [0, 0.05) is 50.6 Å². The topological polar surface area (TPSA) is 29.5 Å². The number of hydrogen-bond donors (Lipinski definition) is 0. The van der Waals surface area contributed by atoms with E-state index >= 15 is 0 Å². The van der Waals surface area contributed by atoms with Gasteiger partial charge in [-0.05, 0) is 134 Å². The Morgan fingerprint density at radius 2 is 1.08 bits per heavy atom. The van der Waals surface area contributed by atoms with Crippen molar-refractivity contribution in [1.29, 1.82) is 0 Å². The summed E-state index contributed by atoms with van der Waals surface area (Å²) < 4.78 is 12.6. The van der Waals surface area contributed by atoms with Crippen molar-refractivity contribution >= 4 is 56.0 Å². The van der Waals surface area contributed by atoms with Gasteiger partial charge in [-0.25, -0.2) is 0 Å². The second-order valence-electron chi connectivity index (χ2n) is 19.2. The molecule has 0 fully saturated rings. The Kier molecular flexibility index (Phi) is 8.59. The fourth-order valence-electron chi connectivity index (χ4n) is 10.5. The van der Waals surface area contributed by atoms with Gasteiger partial charge < -0.3 is 13.7 Å². The van der Waals surface area contributed by atoms with E-state index in [1.54, 1.807) is 0 Å². The zero-order chi connectivity index (χ0) is 43.3. The molecule has 10 aromatic rings. The number of anilines is 3. The molecule has 0 saturated carbocycles. The molecule has 3 heteroatoms. The Bertz CT molecular complexity index is 3480. The molecule has 0 bridgehead atoms. The van der Waals surface area contributed by atoms with Gasteiger partial charge >= 0.3 is 0 Å². The number of aryl methyl sites for hydroxylation is 1. The molecule has 64 heavy (non-hydrogen) atoms. The summed E-state index contributed by atoms with van der Waals surface area (Å²) in [5, 5.41) is 3.47. The molecule has 2 aliphatic rings. The van der Waals surface area contributed by atoms with Crippen LogP contribution in [0.25, 0.3) is 83.5 Å². The van der Waals surface area contributed by atoms with Crippen LogP contribution >= 0.6 is 0 Å². The zero-order valence-electron chi connectivity index (χ0n) is 37.0. The summed E-state index contributed by atoms with van der Waals surface area (Å²) >= 11 is 0. The summed E-state index contributed by atoms with van der Waals surface area (Å²) in [7, 11) is 0. The summed E-state index contributed by atoms with van der Waals surface area (Å²) in [6.45, 7) is 11.6. The van der Waals surface area contributed by atoms with Gasteiger partial charge in [0.15, 0.2) is 0 Å². The van der Waals surface area contributed by atoms with E-state index in [1.165, 1.54) is 61.0 Å². The quantitative estimate of drug-likeness (QED) is 0.167. The lowest BCUT2D eigenvalue weighted by atomic mass is 9.79. The molecule has 8 aromatic carbocycles. The van der Waals surface area contributed by atoms with Gasteiger partial charge in [-0.15, -0.1) is 0 Å². The van der Waals surface area contributed by atoms with Crippen LogP contribution in [0.5, 0.6) is 0 Å². The van der Waals surface area contributed by atoms with Crippen LogP contribution in [-0.2, 0) is 17.3 Å². The van der Waals surface area contributed by atoms with E-state index in [-0.39, 0.29) is 10.8 Å². The first-order valence-corrected chi connectivity index (χ1v) is 22.6. The molecule has 2 aliphatic carbocycles. The van der Waals surface area contributed by atoms with Gasteiger partial charge in [0.2, 0.25) is 0 Å². The van der Waals surface area contributed by atoms with Crippen molar-refractivity contribution in [2.45, 2.75) is 58.3 Å². The lowest BCUT2D eigenvalue weighted by Gasteiger charge is -2.26. The lowest BCUT2D eigenvalue weighted by molar-refractivity contribution is 0.546. The Hall–Kier alpha value is -7.36. The molecule has 0 aliphatic heterocycles. The maximum absolute atomic E-state index is 6.35. The Morgan fingerprint density at radius 1 is 0.484 bits per heavy atom. The molecule has 0 N–H and O–H groups in total. The highest BCUT2D eigenvalue weighted by atomic mass is 16.3. The third kappa shape index (κ3) is 6.09. The summed E-state index contributed by atoms with van der Waals surface area (Å²) in [6, 6.07) is 62.3. The monoisotopic (exact) mass is 827 g/mol. The average Bonchev–Trinajstić information content (AvgIpc) is 3.97. The standard InChI is InChI=1S/C61H49NO2/c1-60(2,3)42-27-34-48-51-36-41(26-35-52(51)61(4,5)53(48)37-42)38-20-28-43(29-21-38)62(44-30-22-39(23-31-44)46-14-10-18-56-58(46)49-12-6-8-16-54(49)63-56)45-32-24-40(25-33-45)47-15-11-19-57-59(47)50-13-7-9-17-55(50)64-57/h6-8,10-16,18-37H,9,17H2,1-5H3. The predicted molar refractivity (Wildman–Crippen MR) is 268 cm³/mol. The smallest absolute Gasteiger partial charge is 0.136 e. The van der Waals surface area contributed by atoms with Crippen LogP contribution < -0.4 is 4.90 Å². The van der Waals surface area contributed by atoms with Gasteiger partial charge in [-0.3, -0.25) is 0 Å². The first-order valence-electron chi connectivity index (χ1n) is 22.6. The minimum absolute atomic E-state index is 0.0553. The fraction of sp³-hybridized carbons (Fsp3) is 0.148. The Labute approximate surface area is 374 Å². The predicted octanol–water partition coefficient (Wildman–Crippen LogP) is 17.4. The van der Waals surface area contributed by atoms with Crippen LogP contribution in [-0.4, -0.2) is 0 Å². The second-order valence-corrected chi connectivity index (χ2v) is 19.2. The van der Waals surface area contributed by atoms with Gasteiger partial charge in [-0.2, -0.15) is 0 Å². The highest BCUT2D eigenvalue weighted by molar-refractivity contribution is 6.12. The maximum Gasteiger partial charge on any atom is 0.136 e. The van der Waals surface area contributed by atoms with E-state index in [1.807, 2.05) is 12.1 Å². The van der Waals surface area contributed by atoms with Crippen molar-refractivity contribution in [2.75, 3.05) is 4.90 Å². The van der Waals surface area contributed by atoms with Crippen molar-refractivity contribution in [2.24, 2.45) is 0 Å². The van der Waals surface area contributed by atoms with E-state index in [9.17, 15) is 0 Å². The molecule has 0 radical (unpaired) electrons. The molecule has 0 amide bonds. The van der Waals surface area contributed by atoms with Gasteiger partial charge in [-0.1, -0.05) is 156 Å². The highest BCUT2D eigenvalue weighted by Gasteiger charge is 2.36. The van der Waals surface area contributed by atoms with Crippen LogP contribution in [0.2, 0.25) is 0 Å². The number of furan rings is 2. The van der Waals surface area contributed by atoms with Crippen LogP contribution in [0.15, 0.2) is 185 Å². The van der Waals surface area contributed by atoms with Crippen molar-refractivity contribution in [3.63, 3.8) is 0 Å². The molecule has 0 unspecified atom stereocenters. The van der Waals surface area contributed by atoms with Crippen LogP contribution in [0, 0.1) is 0 Å². The Balaban J connectivity index is 0.933. The molecule has 2 aromatic heterocycles. The molecular weight excluding hydrogens is 779 g/mol. The van der Waals surface area contributed by atoms with E-state index < -0.39 is 0 Å². The molecule has 12 rings (SSSR count). The summed E-state index contributed by atoms with van der Waals surface area (Å²) in [5.74, 6) is 1.08. The Morgan fingerprint density at radius 3 is 1.75 bits per heavy atom. The van der Waals surface area contributed by atoms with E-state index in [0.717, 1.165) is 74.3 Å². The van der Waals surface area contributed by atoms with E-state index in [0.29, 0.717) is 0 Å². The lowest BCUT2D eigenvalue weighted by Crippen LogP contribution is -2.17. The first-order chi connectivity index (χ1) is 31.1. The number of fused-ring (bicyclic) bond motifs is 9. The van der Waals surface area contributed by atoms with Gasteiger partial charge in [0.1, 0.15) is 22.5 Å². The number of rotatable bonds is 6. The highest BCUT2D eigenvalue weighted by Crippen LogP contribution is 2.51. The minimum Gasteiger partial charge on any atom is -0.460 e. The molecule has 0 atom stereocenters. The van der Waals surface area contributed by atoms with Crippen molar-refractivity contribution in [3.8, 4) is 44.5 Å². The molecule has 310 valence electrons. The van der Waals surface area contributed by atoms with Crippen molar-refractivity contribution in [3.05, 3.63) is 204 Å². The number of hydrogen-bond acceptors (Lipinski definition) is 3. The SMILES string of the molecule is CC(C)(C)c1ccc2c(c1)C(C)(C)c1ccc(-c3ccc(N(c4ccc(-c5cccc6oc7c(c56)C=CCC7)cc4)c4ccc(-c5cccc6oc7ccccc7c56)cc4)cc3)cc1-2. The number of allylic oxidation sites excluding steroid dienone is 1. The average molecular weight is 828 g/mol. The molecular formula is C61H49NO2. The minimum atomic E-state index is -0.0553. The first kappa shape index (κ1) is 38.3. The molecule has 2 heterocycles. The van der Waals surface area contributed by atoms with E-state index in [4.69, 9.17) is 8.83 Å². The summed E-state index contributed by atoms with van der Waals surface area (Å²) in [6.07, 6.45) is 6.45. The third-order valence-electron chi connectivity index (χ3n) is 13.9. The van der Waals surface area contributed by atoms with Crippen molar-refractivity contribution in [1.82, 2.24) is 0 Å². The molecule has 0 saturated heterocycles. The van der Waals surface area contributed by atoms with E-state index in [2.05, 4.69) is 209 Å². The van der Waals surface area contributed by atoms with Crippen molar-refractivity contribution < 1.29 is 8.83 Å². The normalized spacial score (nSPS) is 14.0. The van der Waals surface area contributed by atoms with Crippen LogP contribution in [0.4, 0.5) is 17.1 Å². The number of para-hydroxylation sites is 1. The number of benzene rings is 8. The van der Waals surface area contributed by atoms with Gasteiger partial charge in [0.25, 0.3) is 0 Å². The molecule has 0 spiro atoms. The van der Waals surface area contributed by atoms with Gasteiger partial charge in [0.05, 0.1) is 0 Å². The largest absolute Gasteiger partial charge is 0.460 e. The van der Waals surface area contributed by atoms with Crippen LogP contribution in [0.1, 0.15) is 69.1 Å². The third-order valence-corrected chi connectivity index (χ3v) is 13.9. The van der Waals surface area contributed by atoms with Crippen LogP contribution in [0.3, 0.4) is 0 Å². The summed E-state index contributed by atoms with van der Waals surface area (Å²) in [5.41, 5.74) is 21.2. The summed E-state index contributed by atoms with van der Waals surface area (Å²) in [4.78, 5) is 2.36. The maximum atomic E-state index is 6.35. The zero-order valence-corrected chi connectivity index (χ0v) is 37.0. The fourth-order valence-corrected chi connectivity index (χ4v) is 10.5. The molecule has 3 nitrogen and oxygen atoms in total. The second kappa shape index (κ2) is 14.3.